The van der Waals surface area contributed by atoms with Gasteiger partial charge in [0.05, 0.1) is 6.61 Å². The lowest BCUT2D eigenvalue weighted by atomic mass is 10.00. The normalized spacial score (nSPS) is 10.8. The number of aryl methyl sites for hydroxylation is 2. The van der Waals surface area contributed by atoms with E-state index in [0.29, 0.717) is 6.61 Å². The molecule has 2 heteroatoms. The van der Waals surface area contributed by atoms with Crippen LogP contribution in [0.15, 0.2) is 30.3 Å². The Balaban J connectivity index is 2.29. The van der Waals surface area contributed by atoms with E-state index < -0.39 is 0 Å². The van der Waals surface area contributed by atoms with Gasteiger partial charge in [0.1, 0.15) is 5.75 Å². The molecule has 0 fully saturated rings. The number of methoxy groups -OCH3 is 1. The third-order valence-corrected chi connectivity index (χ3v) is 3.29. The molecule has 2 rings (SSSR count). The van der Waals surface area contributed by atoms with Crippen LogP contribution in [-0.4, -0.2) is 20.3 Å². The predicted octanol–water partition coefficient (Wildman–Crippen LogP) is 3.87. The summed E-state index contributed by atoms with van der Waals surface area (Å²) < 4.78 is 10.9. The van der Waals surface area contributed by atoms with E-state index >= 15 is 0 Å². The molecule has 96 valence electrons. The summed E-state index contributed by atoms with van der Waals surface area (Å²) in [4.78, 5) is 0. The highest BCUT2D eigenvalue weighted by Crippen LogP contribution is 2.30. The van der Waals surface area contributed by atoms with Crippen molar-refractivity contribution in [1.29, 1.82) is 0 Å². The average Bonchev–Trinajstić information content (AvgIpc) is 2.40. The van der Waals surface area contributed by atoms with Gasteiger partial charge in [0, 0.05) is 25.5 Å². The van der Waals surface area contributed by atoms with E-state index in [1.165, 1.54) is 21.9 Å². The first-order chi connectivity index (χ1) is 8.74. The Morgan fingerprint density at radius 2 is 1.72 bits per heavy atom. The van der Waals surface area contributed by atoms with Gasteiger partial charge in [-0.1, -0.05) is 24.3 Å². The second-order valence-electron chi connectivity index (χ2n) is 4.56. The molecule has 0 bridgehead atoms. The topological polar surface area (TPSA) is 18.5 Å². The largest absolute Gasteiger partial charge is 0.493 e. The molecule has 0 saturated heterocycles. The van der Waals surface area contributed by atoms with Gasteiger partial charge in [0.2, 0.25) is 0 Å². The van der Waals surface area contributed by atoms with Crippen molar-refractivity contribution in [3.05, 3.63) is 41.5 Å². The van der Waals surface area contributed by atoms with Gasteiger partial charge in [-0.3, -0.25) is 0 Å². The van der Waals surface area contributed by atoms with Crippen molar-refractivity contribution in [3.8, 4) is 5.75 Å². The van der Waals surface area contributed by atoms with Gasteiger partial charge in [-0.15, -0.1) is 0 Å². The molecule has 0 aromatic heterocycles. The van der Waals surface area contributed by atoms with E-state index in [-0.39, 0.29) is 0 Å². The molecule has 2 aromatic rings. The highest BCUT2D eigenvalue weighted by Gasteiger charge is 2.07. The summed E-state index contributed by atoms with van der Waals surface area (Å²) in [5.41, 5.74) is 2.60. The van der Waals surface area contributed by atoms with Crippen molar-refractivity contribution in [1.82, 2.24) is 0 Å². The van der Waals surface area contributed by atoms with Gasteiger partial charge in [-0.2, -0.15) is 0 Å². The van der Waals surface area contributed by atoms with Gasteiger partial charge in [-0.25, -0.2) is 0 Å². The van der Waals surface area contributed by atoms with Crippen LogP contribution in [-0.2, 0) is 4.74 Å². The van der Waals surface area contributed by atoms with E-state index in [4.69, 9.17) is 9.47 Å². The van der Waals surface area contributed by atoms with Gasteiger partial charge in [-0.05, 0) is 36.4 Å². The Kier molecular flexibility index (Phi) is 4.21. The number of hydrogen-bond donors (Lipinski definition) is 0. The first-order valence-electron chi connectivity index (χ1n) is 6.34. The Bertz CT molecular complexity index is 532. The van der Waals surface area contributed by atoms with Crippen molar-refractivity contribution in [2.45, 2.75) is 20.3 Å². The first kappa shape index (κ1) is 12.9. The molecule has 0 saturated carbocycles. The Hall–Kier alpha value is -1.54. The summed E-state index contributed by atoms with van der Waals surface area (Å²) in [5, 5.41) is 2.47. The summed E-state index contributed by atoms with van der Waals surface area (Å²) in [5.74, 6) is 0.977. The van der Waals surface area contributed by atoms with Crippen molar-refractivity contribution in [2.75, 3.05) is 20.3 Å². The smallest absolute Gasteiger partial charge is 0.127 e. The number of ether oxygens (including phenoxy) is 2. The number of hydrogen-bond acceptors (Lipinski definition) is 2. The highest BCUT2D eigenvalue weighted by atomic mass is 16.5. The zero-order valence-electron chi connectivity index (χ0n) is 11.3. The van der Waals surface area contributed by atoms with Crippen molar-refractivity contribution in [3.63, 3.8) is 0 Å². The molecule has 0 unspecified atom stereocenters. The molecule has 0 N–H and O–H groups in total. The van der Waals surface area contributed by atoms with E-state index in [1.807, 2.05) is 0 Å². The molecule has 18 heavy (non-hydrogen) atoms. The molecule has 2 aromatic carbocycles. The van der Waals surface area contributed by atoms with Crippen LogP contribution >= 0.6 is 0 Å². The Labute approximate surface area is 109 Å². The van der Waals surface area contributed by atoms with Crippen LogP contribution in [0.25, 0.3) is 10.8 Å². The van der Waals surface area contributed by atoms with E-state index in [9.17, 15) is 0 Å². The van der Waals surface area contributed by atoms with E-state index in [1.54, 1.807) is 7.11 Å². The highest BCUT2D eigenvalue weighted by molar-refractivity contribution is 5.91. The minimum absolute atomic E-state index is 0.695. The zero-order valence-corrected chi connectivity index (χ0v) is 11.3. The number of benzene rings is 2. The zero-order chi connectivity index (χ0) is 13.0. The molecule has 0 amide bonds. The van der Waals surface area contributed by atoms with Crippen LogP contribution in [0.3, 0.4) is 0 Å². The quantitative estimate of drug-likeness (QED) is 0.743. The molecule has 0 spiro atoms. The standard InChI is InChI=1S/C16H20O2/c1-12-11-16(18-10-6-9-17-3)15-8-5-4-7-14(15)13(12)2/h4-5,7-8,11H,6,9-10H2,1-3H3. The first-order valence-corrected chi connectivity index (χ1v) is 6.34. The van der Waals surface area contributed by atoms with Crippen LogP contribution in [0.1, 0.15) is 17.5 Å². The molecule has 0 aliphatic carbocycles. The summed E-state index contributed by atoms with van der Waals surface area (Å²) in [6, 6.07) is 10.5. The molecule has 2 nitrogen and oxygen atoms in total. The molecule has 0 aliphatic heterocycles. The van der Waals surface area contributed by atoms with Crippen molar-refractivity contribution >= 4 is 10.8 Å². The van der Waals surface area contributed by atoms with Crippen LogP contribution < -0.4 is 4.74 Å². The Morgan fingerprint density at radius 1 is 1.00 bits per heavy atom. The third-order valence-electron chi connectivity index (χ3n) is 3.29. The van der Waals surface area contributed by atoms with Gasteiger partial charge < -0.3 is 9.47 Å². The number of rotatable bonds is 5. The van der Waals surface area contributed by atoms with Crippen molar-refractivity contribution < 1.29 is 9.47 Å². The fraction of sp³-hybridized carbons (Fsp3) is 0.375. The third kappa shape index (κ3) is 2.65. The molecule has 0 atom stereocenters. The minimum Gasteiger partial charge on any atom is -0.493 e. The Morgan fingerprint density at radius 3 is 2.44 bits per heavy atom. The monoisotopic (exact) mass is 244 g/mol. The van der Waals surface area contributed by atoms with Crippen molar-refractivity contribution in [2.24, 2.45) is 0 Å². The van der Waals surface area contributed by atoms with Crippen LogP contribution in [0.5, 0.6) is 5.75 Å². The maximum absolute atomic E-state index is 5.88. The maximum Gasteiger partial charge on any atom is 0.127 e. The maximum atomic E-state index is 5.88. The lowest BCUT2D eigenvalue weighted by Crippen LogP contribution is -2.02. The summed E-state index contributed by atoms with van der Waals surface area (Å²) in [7, 11) is 1.71. The molecule has 0 aliphatic rings. The molecule has 0 radical (unpaired) electrons. The van der Waals surface area contributed by atoms with Crippen LogP contribution in [0, 0.1) is 13.8 Å². The van der Waals surface area contributed by atoms with Crippen LogP contribution in [0.2, 0.25) is 0 Å². The molecular weight excluding hydrogens is 224 g/mol. The second kappa shape index (κ2) is 5.87. The summed E-state index contributed by atoms with van der Waals surface area (Å²) in [6.07, 6.45) is 0.914. The second-order valence-corrected chi connectivity index (χ2v) is 4.56. The lowest BCUT2D eigenvalue weighted by molar-refractivity contribution is 0.172. The number of fused-ring (bicyclic) bond motifs is 1. The summed E-state index contributed by atoms with van der Waals surface area (Å²) >= 11 is 0. The predicted molar refractivity (Wildman–Crippen MR) is 75.4 cm³/mol. The fourth-order valence-corrected chi connectivity index (χ4v) is 2.12. The van der Waals surface area contributed by atoms with Crippen LogP contribution in [0.4, 0.5) is 0 Å². The molecular formula is C16H20O2. The van der Waals surface area contributed by atoms with Gasteiger partial charge >= 0.3 is 0 Å². The van der Waals surface area contributed by atoms with Gasteiger partial charge in [0.15, 0.2) is 0 Å². The summed E-state index contributed by atoms with van der Waals surface area (Å²) in [6.45, 7) is 5.72. The van der Waals surface area contributed by atoms with E-state index in [0.717, 1.165) is 18.8 Å². The fourth-order valence-electron chi connectivity index (χ4n) is 2.12. The SMILES string of the molecule is COCCCOc1cc(C)c(C)c2ccccc12. The van der Waals surface area contributed by atoms with Gasteiger partial charge in [0.25, 0.3) is 0 Å². The minimum atomic E-state index is 0.695. The molecule has 0 heterocycles. The lowest BCUT2D eigenvalue weighted by Gasteiger charge is -2.13. The van der Waals surface area contributed by atoms with E-state index in [2.05, 4.69) is 44.2 Å². The average molecular weight is 244 g/mol.